The largest absolute Gasteiger partial charge is 0.493 e. The predicted molar refractivity (Wildman–Crippen MR) is 105 cm³/mol. The van der Waals surface area contributed by atoms with Gasteiger partial charge < -0.3 is 25.0 Å². The van der Waals surface area contributed by atoms with Crippen LogP contribution in [0, 0.1) is 6.92 Å². The molecule has 2 aromatic carbocycles. The van der Waals surface area contributed by atoms with Crippen molar-refractivity contribution in [3.63, 3.8) is 0 Å². The summed E-state index contributed by atoms with van der Waals surface area (Å²) < 4.78 is 10.7. The van der Waals surface area contributed by atoms with Crippen LogP contribution in [0.5, 0.6) is 11.5 Å². The number of nitrogens with zero attached hydrogens (tertiary/aromatic N) is 1. The maximum absolute atomic E-state index is 12.1. The molecule has 0 aliphatic heterocycles. The molecule has 2 aromatic rings. The predicted octanol–water partition coefficient (Wildman–Crippen LogP) is 4.01. The first-order valence-electron chi connectivity index (χ1n) is 8.75. The Balaban J connectivity index is 1.89. The van der Waals surface area contributed by atoms with E-state index in [1.54, 1.807) is 19.2 Å². The van der Waals surface area contributed by atoms with E-state index in [0.717, 1.165) is 30.0 Å². The van der Waals surface area contributed by atoms with E-state index < -0.39 is 0 Å². The Kier molecular flexibility index (Phi) is 7.14. The number of ether oxygens (including phenoxy) is 2. The minimum atomic E-state index is -0.321. The molecule has 0 atom stereocenters. The number of urea groups is 1. The van der Waals surface area contributed by atoms with Gasteiger partial charge in [0.1, 0.15) is 0 Å². The zero-order valence-electron chi connectivity index (χ0n) is 15.8. The number of benzene rings is 2. The molecule has 0 spiro atoms. The summed E-state index contributed by atoms with van der Waals surface area (Å²) in [6, 6.07) is 13.0. The highest BCUT2D eigenvalue weighted by Crippen LogP contribution is 2.25. The molecule has 0 aliphatic carbocycles. The third-order valence-electron chi connectivity index (χ3n) is 4.12. The molecule has 0 bridgehead atoms. The Morgan fingerprint density at radius 1 is 1.08 bits per heavy atom. The Bertz CT molecular complexity index is 730. The molecular formula is C20H27N3O3. The number of aryl methyl sites for hydroxylation is 1. The molecule has 0 saturated carbocycles. The van der Waals surface area contributed by atoms with Gasteiger partial charge in [-0.2, -0.15) is 0 Å². The molecule has 26 heavy (non-hydrogen) atoms. The molecule has 2 amide bonds. The minimum Gasteiger partial charge on any atom is -0.493 e. The normalized spacial score (nSPS) is 10.2. The summed E-state index contributed by atoms with van der Waals surface area (Å²) in [6.45, 7) is 8.17. The molecule has 6 nitrogen and oxygen atoms in total. The van der Waals surface area contributed by atoms with Gasteiger partial charge in [-0.25, -0.2) is 4.79 Å². The van der Waals surface area contributed by atoms with Gasteiger partial charge in [-0.3, -0.25) is 0 Å². The van der Waals surface area contributed by atoms with Crippen molar-refractivity contribution in [2.24, 2.45) is 0 Å². The summed E-state index contributed by atoms with van der Waals surface area (Å²) in [6.07, 6.45) is 0. The molecule has 0 heterocycles. The van der Waals surface area contributed by atoms with E-state index in [-0.39, 0.29) is 12.8 Å². The maximum atomic E-state index is 12.1. The van der Waals surface area contributed by atoms with Crippen molar-refractivity contribution in [1.29, 1.82) is 0 Å². The summed E-state index contributed by atoms with van der Waals surface area (Å²) in [7, 11) is 1.58. The van der Waals surface area contributed by atoms with Crippen molar-refractivity contribution in [3.8, 4) is 11.5 Å². The smallest absolute Gasteiger partial charge is 0.321 e. The fraction of sp³-hybridized carbons (Fsp3) is 0.350. The number of hydrogen-bond acceptors (Lipinski definition) is 4. The number of rotatable bonds is 8. The fourth-order valence-corrected chi connectivity index (χ4v) is 2.66. The first kappa shape index (κ1) is 19.4. The number of para-hydroxylation sites is 2. The van der Waals surface area contributed by atoms with E-state index in [0.29, 0.717) is 11.5 Å². The van der Waals surface area contributed by atoms with Crippen LogP contribution in [0.4, 0.5) is 16.2 Å². The van der Waals surface area contributed by atoms with Crippen LogP contribution in [-0.4, -0.2) is 33.0 Å². The number of methoxy groups -OCH3 is 1. The lowest BCUT2D eigenvalue weighted by Gasteiger charge is -2.22. The number of nitrogens with one attached hydrogen (secondary N) is 2. The van der Waals surface area contributed by atoms with E-state index in [1.165, 1.54) is 0 Å². The number of anilines is 2. The molecule has 0 saturated heterocycles. The lowest BCUT2D eigenvalue weighted by molar-refractivity contribution is 0.231. The van der Waals surface area contributed by atoms with E-state index >= 15 is 0 Å². The van der Waals surface area contributed by atoms with Gasteiger partial charge >= 0.3 is 6.03 Å². The van der Waals surface area contributed by atoms with E-state index in [2.05, 4.69) is 35.4 Å². The Hall–Kier alpha value is -2.89. The standard InChI is InChI=1S/C20H27N3O3/c1-5-23(6-2)16-11-12-17(15(3)13-16)22-20(24)21-14-26-19-10-8-7-9-18(19)25-4/h7-13H,5-6,14H2,1-4H3,(H2,21,22,24). The second kappa shape index (κ2) is 9.56. The highest BCUT2D eigenvalue weighted by molar-refractivity contribution is 5.90. The van der Waals surface area contributed by atoms with Crippen molar-refractivity contribution in [2.75, 3.05) is 37.1 Å². The quantitative estimate of drug-likeness (QED) is 0.701. The van der Waals surface area contributed by atoms with Gasteiger partial charge in [-0.05, 0) is 56.7 Å². The summed E-state index contributed by atoms with van der Waals surface area (Å²) in [5.74, 6) is 1.20. The van der Waals surface area contributed by atoms with E-state index in [1.807, 2.05) is 31.2 Å². The first-order valence-corrected chi connectivity index (χ1v) is 8.75. The van der Waals surface area contributed by atoms with Crippen LogP contribution in [0.3, 0.4) is 0 Å². The minimum absolute atomic E-state index is 0.0444. The van der Waals surface area contributed by atoms with Crippen molar-refractivity contribution >= 4 is 17.4 Å². The molecule has 140 valence electrons. The van der Waals surface area contributed by atoms with Crippen LogP contribution in [0.25, 0.3) is 0 Å². The number of carbonyl (C=O) groups excluding carboxylic acids is 1. The molecular weight excluding hydrogens is 330 g/mol. The molecule has 0 radical (unpaired) electrons. The SMILES string of the molecule is CCN(CC)c1ccc(NC(=O)NCOc2ccccc2OC)c(C)c1. The number of amides is 2. The highest BCUT2D eigenvalue weighted by atomic mass is 16.5. The summed E-state index contributed by atoms with van der Waals surface area (Å²) in [5, 5.41) is 5.53. The monoisotopic (exact) mass is 357 g/mol. The van der Waals surface area contributed by atoms with Gasteiger partial charge in [-0.15, -0.1) is 0 Å². The Morgan fingerprint density at radius 3 is 2.38 bits per heavy atom. The summed E-state index contributed by atoms with van der Waals surface area (Å²) in [4.78, 5) is 14.4. The Labute approximate surface area is 155 Å². The zero-order valence-corrected chi connectivity index (χ0v) is 15.8. The molecule has 0 fully saturated rings. The lowest BCUT2D eigenvalue weighted by Crippen LogP contribution is -2.32. The van der Waals surface area contributed by atoms with Crippen LogP contribution in [-0.2, 0) is 0 Å². The molecule has 2 N–H and O–H groups in total. The average Bonchev–Trinajstić information content (AvgIpc) is 2.65. The van der Waals surface area contributed by atoms with Crippen LogP contribution in [0.1, 0.15) is 19.4 Å². The summed E-state index contributed by atoms with van der Waals surface area (Å²) in [5.41, 5.74) is 2.93. The van der Waals surface area contributed by atoms with Crippen LogP contribution in [0.2, 0.25) is 0 Å². The molecule has 0 aliphatic rings. The molecule has 0 aromatic heterocycles. The van der Waals surface area contributed by atoms with Gasteiger partial charge in [0.25, 0.3) is 0 Å². The van der Waals surface area contributed by atoms with Crippen molar-refractivity contribution in [2.45, 2.75) is 20.8 Å². The summed E-state index contributed by atoms with van der Waals surface area (Å²) >= 11 is 0. The number of carbonyl (C=O) groups is 1. The van der Waals surface area contributed by atoms with E-state index in [9.17, 15) is 4.79 Å². The fourth-order valence-electron chi connectivity index (χ4n) is 2.66. The molecule has 0 unspecified atom stereocenters. The third kappa shape index (κ3) is 5.05. The molecule has 6 heteroatoms. The van der Waals surface area contributed by atoms with Gasteiger partial charge in [0, 0.05) is 24.5 Å². The zero-order chi connectivity index (χ0) is 18.9. The van der Waals surface area contributed by atoms with Crippen LogP contribution >= 0.6 is 0 Å². The van der Waals surface area contributed by atoms with Crippen molar-refractivity contribution < 1.29 is 14.3 Å². The number of hydrogen-bond donors (Lipinski definition) is 2. The average molecular weight is 357 g/mol. The van der Waals surface area contributed by atoms with Gasteiger partial charge in [-0.1, -0.05) is 12.1 Å². The topological polar surface area (TPSA) is 62.8 Å². The second-order valence-electron chi connectivity index (χ2n) is 5.74. The van der Waals surface area contributed by atoms with Gasteiger partial charge in [0.05, 0.1) is 7.11 Å². The van der Waals surface area contributed by atoms with Crippen molar-refractivity contribution in [1.82, 2.24) is 5.32 Å². The highest BCUT2D eigenvalue weighted by Gasteiger charge is 2.08. The van der Waals surface area contributed by atoms with Crippen molar-refractivity contribution in [3.05, 3.63) is 48.0 Å². The molecule has 2 rings (SSSR count). The Morgan fingerprint density at radius 2 is 1.77 bits per heavy atom. The van der Waals surface area contributed by atoms with Crippen LogP contribution < -0.4 is 25.0 Å². The second-order valence-corrected chi connectivity index (χ2v) is 5.74. The first-order chi connectivity index (χ1) is 12.6. The van der Waals surface area contributed by atoms with E-state index in [4.69, 9.17) is 9.47 Å². The lowest BCUT2D eigenvalue weighted by atomic mass is 10.1. The van der Waals surface area contributed by atoms with Crippen LogP contribution in [0.15, 0.2) is 42.5 Å². The third-order valence-corrected chi connectivity index (χ3v) is 4.12. The van der Waals surface area contributed by atoms with Gasteiger partial charge in [0.2, 0.25) is 0 Å². The van der Waals surface area contributed by atoms with Gasteiger partial charge in [0.15, 0.2) is 18.2 Å². The maximum Gasteiger partial charge on any atom is 0.321 e.